The molecule has 0 aliphatic heterocycles. The summed E-state index contributed by atoms with van der Waals surface area (Å²) in [6.07, 6.45) is 20.5. The topological polar surface area (TPSA) is 303 Å². The lowest BCUT2D eigenvalue weighted by molar-refractivity contribution is -0.213. The highest BCUT2D eigenvalue weighted by molar-refractivity contribution is 7.47. The predicted molar refractivity (Wildman–Crippen MR) is 252 cm³/mol. The van der Waals surface area contributed by atoms with Gasteiger partial charge >= 0.3 is 35.4 Å². The van der Waals surface area contributed by atoms with Gasteiger partial charge in [-0.15, -0.1) is 0 Å². The third-order valence-electron chi connectivity index (χ3n) is 11.3. The van der Waals surface area contributed by atoms with Crippen molar-refractivity contribution in [1.82, 2.24) is 0 Å². The lowest BCUT2D eigenvalue weighted by Gasteiger charge is -2.44. The van der Waals surface area contributed by atoms with E-state index in [9.17, 15) is 63.1 Å². The number of allylic oxidation sites excluding steroid dienone is 4. The quantitative estimate of drug-likeness (QED) is 0.0122. The molecule has 8 atom stereocenters. The molecule has 1 aliphatic rings. The van der Waals surface area contributed by atoms with Crippen molar-refractivity contribution in [1.29, 1.82) is 0 Å². The third kappa shape index (κ3) is 33.8. The summed E-state index contributed by atoms with van der Waals surface area (Å²) in [5, 5.41) is 31.9. The number of carbonyl (C=O) groups is 2. The minimum Gasteiger partial charge on any atom is -0.462 e. The van der Waals surface area contributed by atoms with E-state index in [1.165, 1.54) is 64.2 Å². The van der Waals surface area contributed by atoms with E-state index in [1.807, 2.05) is 0 Å². The molecule has 5 unspecified atom stereocenters. The summed E-state index contributed by atoms with van der Waals surface area (Å²) in [6, 6.07) is 0. The molecule has 19 nitrogen and oxygen atoms in total. The zero-order valence-electron chi connectivity index (χ0n) is 40.0. The van der Waals surface area contributed by atoms with Gasteiger partial charge in [0, 0.05) is 12.8 Å². The van der Waals surface area contributed by atoms with Gasteiger partial charge in [-0.1, -0.05) is 160 Å². The first-order valence-corrected chi connectivity index (χ1v) is 29.2. The maximum absolute atomic E-state index is 13.1. The van der Waals surface area contributed by atoms with E-state index in [4.69, 9.17) is 18.5 Å². The van der Waals surface area contributed by atoms with Crippen LogP contribution in [0.25, 0.3) is 0 Å². The Hall–Kier alpha value is -1.37. The van der Waals surface area contributed by atoms with Gasteiger partial charge in [-0.2, -0.15) is 0 Å². The molecular formula is C45H85O19P3. The molecular weight excluding hydrogens is 937 g/mol. The van der Waals surface area contributed by atoms with Crippen LogP contribution < -0.4 is 0 Å². The molecule has 0 amide bonds. The van der Waals surface area contributed by atoms with Crippen molar-refractivity contribution in [2.45, 2.75) is 236 Å². The normalized spacial score (nSPS) is 21.8. The molecule has 1 fully saturated rings. The molecule has 0 aromatic heterocycles. The Balaban J connectivity index is 2.70. The molecule has 0 aromatic rings. The highest BCUT2D eigenvalue weighted by Gasteiger charge is 2.56. The molecule has 1 aliphatic carbocycles. The van der Waals surface area contributed by atoms with Crippen molar-refractivity contribution >= 4 is 35.4 Å². The van der Waals surface area contributed by atoms with E-state index >= 15 is 0 Å². The largest absolute Gasteiger partial charge is 0.472 e. The van der Waals surface area contributed by atoms with Crippen LogP contribution in [0, 0.1) is 0 Å². The molecule has 0 saturated heterocycles. The second-order valence-electron chi connectivity index (χ2n) is 17.4. The lowest BCUT2D eigenvalue weighted by atomic mass is 9.85. The van der Waals surface area contributed by atoms with Crippen molar-refractivity contribution in [2.75, 3.05) is 13.2 Å². The van der Waals surface area contributed by atoms with Gasteiger partial charge in [-0.3, -0.25) is 27.7 Å². The second-order valence-corrected chi connectivity index (χ2v) is 21.2. The molecule has 8 N–H and O–H groups in total. The van der Waals surface area contributed by atoms with Gasteiger partial charge in [0.2, 0.25) is 0 Å². The number of hydrogen-bond donors (Lipinski definition) is 8. The number of carbonyl (C=O) groups excluding carboxylic acids is 2. The zero-order valence-corrected chi connectivity index (χ0v) is 42.7. The number of rotatable bonds is 42. The van der Waals surface area contributed by atoms with Crippen molar-refractivity contribution in [3.8, 4) is 0 Å². The van der Waals surface area contributed by atoms with E-state index in [-0.39, 0.29) is 12.8 Å². The summed E-state index contributed by atoms with van der Waals surface area (Å²) in [5.74, 6) is -1.30. The maximum Gasteiger partial charge on any atom is 0.472 e. The van der Waals surface area contributed by atoms with Crippen LogP contribution in [0.5, 0.6) is 0 Å². The zero-order chi connectivity index (χ0) is 50.0. The molecule has 1 rings (SSSR count). The van der Waals surface area contributed by atoms with Crippen LogP contribution in [-0.2, 0) is 50.9 Å². The minimum atomic E-state index is -5.60. The van der Waals surface area contributed by atoms with Gasteiger partial charge in [-0.05, 0) is 44.9 Å². The first-order valence-electron chi connectivity index (χ1n) is 24.6. The Labute approximate surface area is 398 Å². The van der Waals surface area contributed by atoms with Crippen LogP contribution >= 0.6 is 23.5 Å². The monoisotopic (exact) mass is 1020 g/mol. The van der Waals surface area contributed by atoms with Crippen LogP contribution in [0.1, 0.15) is 194 Å². The standard InChI is InChI=1S/C45H85O19P3/c1-3-5-7-9-11-13-15-17-18-19-20-22-23-25-27-29-31-33-38(46)59-35-37(61-39(47)34-32-30-28-26-24-21-16-14-12-10-8-6-4-2)36-60-67(57,58)64-43-40(48)41(49)44(62-65(51,52)53)45(42(43)50)63-66(54,55)56/h11,13,17-18,37,40-45,48-50H,3-10,12,14-16,19-36H2,1-2H3,(H,57,58)(H2,51,52,53)(H2,54,55,56)/t37-,40?,41?,42?,43+,44?,45+/m1/s1. The van der Waals surface area contributed by atoms with E-state index in [0.717, 1.165) is 89.9 Å². The predicted octanol–water partition coefficient (Wildman–Crippen LogP) is 9.07. The van der Waals surface area contributed by atoms with Crippen LogP contribution in [-0.4, -0.2) is 108 Å². The number of phosphoric ester groups is 3. The first-order chi connectivity index (χ1) is 31.8. The summed E-state index contributed by atoms with van der Waals surface area (Å²) in [6.45, 7) is 2.92. The van der Waals surface area contributed by atoms with Gasteiger partial charge in [0.1, 0.15) is 43.2 Å². The Bertz CT molecular complexity index is 1500. The summed E-state index contributed by atoms with van der Waals surface area (Å²) >= 11 is 0. The molecule has 394 valence electrons. The van der Waals surface area contributed by atoms with Crippen LogP contribution in [0.15, 0.2) is 24.3 Å². The molecule has 1 saturated carbocycles. The van der Waals surface area contributed by atoms with Crippen LogP contribution in [0.3, 0.4) is 0 Å². The van der Waals surface area contributed by atoms with E-state index < -0.39 is 91.3 Å². The summed E-state index contributed by atoms with van der Waals surface area (Å²) < 4.78 is 65.5. The average Bonchev–Trinajstić information content (AvgIpc) is 3.25. The van der Waals surface area contributed by atoms with Crippen molar-refractivity contribution in [2.24, 2.45) is 0 Å². The number of unbranched alkanes of at least 4 members (excludes halogenated alkanes) is 22. The van der Waals surface area contributed by atoms with Crippen molar-refractivity contribution < 1.29 is 90.6 Å². The SMILES string of the molecule is CCCCCC=CCC=CCCCCCCCCCC(=O)OC[C@H](COP(=O)(O)O[C@H]1C(O)C(O)C(OP(=O)(O)O)[C@@H](OP(=O)(O)O)C1O)OC(=O)CCCCCCCCCCCCCCC. The Morgan fingerprint density at radius 1 is 0.478 bits per heavy atom. The Morgan fingerprint density at radius 2 is 0.866 bits per heavy atom. The van der Waals surface area contributed by atoms with Gasteiger partial charge in [0.15, 0.2) is 6.10 Å². The number of hydrogen-bond acceptors (Lipinski definition) is 14. The maximum atomic E-state index is 13.1. The molecule has 0 heterocycles. The number of aliphatic hydroxyl groups excluding tert-OH is 3. The third-order valence-corrected chi connectivity index (χ3v) is 13.3. The van der Waals surface area contributed by atoms with E-state index in [1.54, 1.807) is 0 Å². The Kier molecular flexibility index (Phi) is 35.5. The molecule has 0 radical (unpaired) electrons. The average molecular weight is 1020 g/mol. The molecule has 22 heteroatoms. The van der Waals surface area contributed by atoms with Crippen LogP contribution in [0.2, 0.25) is 0 Å². The number of ether oxygens (including phenoxy) is 2. The minimum absolute atomic E-state index is 0.000198. The van der Waals surface area contributed by atoms with Gasteiger partial charge in [0.25, 0.3) is 0 Å². The van der Waals surface area contributed by atoms with E-state index in [0.29, 0.717) is 12.8 Å². The number of phosphoric acid groups is 3. The highest BCUT2D eigenvalue weighted by Crippen LogP contribution is 2.51. The fraction of sp³-hybridized carbons (Fsp3) is 0.867. The van der Waals surface area contributed by atoms with Crippen LogP contribution in [0.4, 0.5) is 0 Å². The molecule has 0 spiro atoms. The smallest absolute Gasteiger partial charge is 0.462 e. The number of esters is 2. The lowest BCUT2D eigenvalue weighted by Crippen LogP contribution is -2.65. The molecule has 0 bridgehead atoms. The fourth-order valence-electron chi connectivity index (χ4n) is 7.55. The van der Waals surface area contributed by atoms with Gasteiger partial charge in [-0.25, -0.2) is 13.7 Å². The van der Waals surface area contributed by atoms with E-state index in [2.05, 4.69) is 47.2 Å². The molecule has 67 heavy (non-hydrogen) atoms. The highest BCUT2D eigenvalue weighted by atomic mass is 31.2. The van der Waals surface area contributed by atoms with Crippen molar-refractivity contribution in [3.63, 3.8) is 0 Å². The summed E-state index contributed by atoms with van der Waals surface area (Å²) in [7, 11) is -16.6. The first kappa shape index (κ1) is 63.6. The fourth-order valence-corrected chi connectivity index (χ4v) is 9.65. The summed E-state index contributed by atoms with van der Waals surface area (Å²) in [4.78, 5) is 73.2. The second kappa shape index (κ2) is 37.4. The molecule has 0 aromatic carbocycles. The summed E-state index contributed by atoms with van der Waals surface area (Å²) in [5.41, 5.74) is 0. The van der Waals surface area contributed by atoms with Crippen molar-refractivity contribution in [3.05, 3.63) is 24.3 Å². The number of aliphatic hydroxyl groups is 3. The van der Waals surface area contributed by atoms with Gasteiger partial charge < -0.3 is 49.3 Å². The Morgan fingerprint density at radius 3 is 1.34 bits per heavy atom. The van der Waals surface area contributed by atoms with Gasteiger partial charge in [0.05, 0.1) is 6.61 Å².